The lowest BCUT2D eigenvalue weighted by molar-refractivity contribution is 0.344. The fourth-order valence-electron chi connectivity index (χ4n) is 0.634. The van der Waals surface area contributed by atoms with Crippen molar-refractivity contribution in [2.45, 2.75) is 18.8 Å². The molecule has 0 aliphatic heterocycles. The first kappa shape index (κ1) is 9.27. The molecule has 0 aromatic carbocycles. The molecule has 0 atom stereocenters. The number of hydrogen-bond donors (Lipinski definition) is 4. The first-order valence-corrected chi connectivity index (χ1v) is 7.80. The van der Waals surface area contributed by atoms with E-state index < -0.39 is 17.1 Å². The van der Waals surface area contributed by atoms with Gasteiger partial charge >= 0.3 is 17.1 Å². The lowest BCUT2D eigenvalue weighted by Crippen LogP contribution is -2.44. The average Bonchev–Trinajstić information content (AvgIpc) is 1.14. The van der Waals surface area contributed by atoms with Gasteiger partial charge in [0.1, 0.15) is 0 Å². The highest BCUT2D eigenvalue weighted by molar-refractivity contribution is 6.82. The van der Waals surface area contributed by atoms with E-state index in [1.807, 2.05) is 0 Å². The smallest absolute Gasteiger partial charge is 0.331 e. The first-order chi connectivity index (χ1) is 3.71. The Kier molecular flexibility index (Phi) is 2.56. The largest absolute Gasteiger partial charge is 0.411 e. The van der Waals surface area contributed by atoms with Gasteiger partial charge in [-0.05, 0) is 13.1 Å². The summed E-state index contributed by atoms with van der Waals surface area (Å²) < 4.78 is 0. The van der Waals surface area contributed by atoms with E-state index in [0.717, 1.165) is 0 Å². The van der Waals surface area contributed by atoms with Crippen LogP contribution in [0.3, 0.4) is 0 Å². The molecule has 4 nitrogen and oxygen atoms in total. The van der Waals surface area contributed by atoms with Crippen LogP contribution < -0.4 is 0 Å². The molecule has 9 heavy (non-hydrogen) atoms. The van der Waals surface area contributed by atoms with E-state index in [1.165, 1.54) is 13.1 Å². The Morgan fingerprint density at radius 2 is 1.11 bits per heavy atom. The second-order valence-corrected chi connectivity index (χ2v) is 8.89. The highest BCUT2D eigenvalue weighted by Crippen LogP contribution is 2.08. The summed E-state index contributed by atoms with van der Waals surface area (Å²) in [5.41, 5.74) is -0.208. The topological polar surface area (TPSA) is 80.9 Å². The Bertz CT molecular complexity index is 79.0. The SMILES string of the molecule is C[Si](O)(O)C[Si](C)(O)O. The van der Waals surface area contributed by atoms with Crippen molar-refractivity contribution in [2.75, 3.05) is 0 Å². The van der Waals surface area contributed by atoms with Crippen LogP contribution in [0.4, 0.5) is 0 Å². The van der Waals surface area contributed by atoms with Crippen LogP contribution in [0.15, 0.2) is 0 Å². The first-order valence-electron chi connectivity index (χ1n) is 2.60. The van der Waals surface area contributed by atoms with Crippen LogP contribution in [0, 0.1) is 0 Å². The molecule has 0 radical (unpaired) electrons. The summed E-state index contributed by atoms with van der Waals surface area (Å²) >= 11 is 0. The van der Waals surface area contributed by atoms with Crippen LogP contribution in [0.2, 0.25) is 18.8 Å². The summed E-state index contributed by atoms with van der Waals surface area (Å²) in [7, 11) is -6.46. The molecule has 0 saturated heterocycles. The van der Waals surface area contributed by atoms with Crippen molar-refractivity contribution in [1.82, 2.24) is 0 Å². The lowest BCUT2D eigenvalue weighted by atomic mass is 11.8. The molecule has 6 heteroatoms. The maximum Gasteiger partial charge on any atom is 0.331 e. The summed E-state index contributed by atoms with van der Waals surface area (Å²) in [6.45, 7) is 2.51. The van der Waals surface area contributed by atoms with Gasteiger partial charge in [-0.2, -0.15) is 0 Å². The molecule has 0 amide bonds. The Morgan fingerprint density at radius 3 is 1.11 bits per heavy atom. The Morgan fingerprint density at radius 1 is 0.889 bits per heavy atom. The van der Waals surface area contributed by atoms with Crippen molar-refractivity contribution in [3.8, 4) is 0 Å². The summed E-state index contributed by atoms with van der Waals surface area (Å²) in [6, 6.07) is 0. The van der Waals surface area contributed by atoms with E-state index in [2.05, 4.69) is 0 Å². The molecule has 0 aromatic heterocycles. The van der Waals surface area contributed by atoms with Gasteiger partial charge in [-0.15, -0.1) is 0 Å². The van der Waals surface area contributed by atoms with Crippen LogP contribution in [0.1, 0.15) is 0 Å². The standard InChI is InChI=1S/C3H12O4Si2/c1-8(4,5)3-9(2,6)7/h4-7H,3H2,1-2H3. The minimum atomic E-state index is -3.23. The van der Waals surface area contributed by atoms with Crippen LogP contribution >= 0.6 is 0 Å². The predicted octanol–water partition coefficient (Wildman–Crippen LogP) is -1.36. The molecule has 0 aromatic rings. The van der Waals surface area contributed by atoms with E-state index in [4.69, 9.17) is 19.2 Å². The highest BCUT2D eigenvalue weighted by Gasteiger charge is 2.35. The normalized spacial score (nSPS) is 14.0. The lowest BCUT2D eigenvalue weighted by Gasteiger charge is -2.17. The molecule has 0 aliphatic carbocycles. The molecule has 0 fully saturated rings. The zero-order valence-corrected chi connectivity index (χ0v) is 7.50. The van der Waals surface area contributed by atoms with Crippen LogP contribution in [0.5, 0.6) is 0 Å². The molecule has 0 saturated carbocycles. The molecule has 0 rings (SSSR count). The van der Waals surface area contributed by atoms with Gasteiger partial charge < -0.3 is 19.2 Å². The molecule has 0 aliphatic rings. The number of hydrogen-bond acceptors (Lipinski definition) is 4. The second kappa shape index (κ2) is 2.48. The quantitative estimate of drug-likeness (QED) is 0.384. The minimum absolute atomic E-state index is 0.208. The van der Waals surface area contributed by atoms with E-state index in [-0.39, 0.29) is 5.67 Å². The maximum absolute atomic E-state index is 8.76. The Labute approximate surface area is 55.9 Å². The van der Waals surface area contributed by atoms with Gasteiger partial charge in [0.15, 0.2) is 0 Å². The molecular weight excluding hydrogens is 156 g/mol. The third-order valence-electron chi connectivity index (χ3n) is 0.670. The summed E-state index contributed by atoms with van der Waals surface area (Å²) in [6.07, 6.45) is 0. The fourth-order valence-corrected chi connectivity index (χ4v) is 5.71. The summed E-state index contributed by atoms with van der Waals surface area (Å²) in [4.78, 5) is 35.0. The third-order valence-corrected chi connectivity index (χ3v) is 6.03. The maximum atomic E-state index is 8.76. The molecule has 4 N–H and O–H groups in total. The van der Waals surface area contributed by atoms with Crippen molar-refractivity contribution in [3.05, 3.63) is 0 Å². The van der Waals surface area contributed by atoms with Crippen molar-refractivity contribution in [3.63, 3.8) is 0 Å². The van der Waals surface area contributed by atoms with Crippen LogP contribution in [-0.2, 0) is 0 Å². The molecule has 0 heterocycles. The van der Waals surface area contributed by atoms with Crippen molar-refractivity contribution in [2.24, 2.45) is 0 Å². The summed E-state index contributed by atoms with van der Waals surface area (Å²) in [5, 5.41) is 0. The Balaban J connectivity index is 3.75. The van der Waals surface area contributed by atoms with Gasteiger partial charge in [0, 0.05) is 5.67 Å². The minimum Gasteiger partial charge on any atom is -0.411 e. The van der Waals surface area contributed by atoms with Gasteiger partial charge in [-0.25, -0.2) is 0 Å². The fraction of sp³-hybridized carbons (Fsp3) is 1.00. The van der Waals surface area contributed by atoms with E-state index >= 15 is 0 Å². The zero-order valence-electron chi connectivity index (χ0n) is 5.50. The zero-order chi connectivity index (χ0) is 7.71. The highest BCUT2D eigenvalue weighted by atomic mass is 28.4. The van der Waals surface area contributed by atoms with Crippen molar-refractivity contribution in [1.29, 1.82) is 0 Å². The monoisotopic (exact) mass is 168 g/mol. The van der Waals surface area contributed by atoms with Crippen molar-refractivity contribution >= 4 is 17.1 Å². The molecule has 0 spiro atoms. The van der Waals surface area contributed by atoms with Gasteiger partial charge in [0.05, 0.1) is 0 Å². The van der Waals surface area contributed by atoms with E-state index in [9.17, 15) is 0 Å². The van der Waals surface area contributed by atoms with Gasteiger partial charge in [-0.1, -0.05) is 0 Å². The van der Waals surface area contributed by atoms with Crippen molar-refractivity contribution < 1.29 is 19.2 Å². The predicted molar refractivity (Wildman–Crippen MR) is 36.9 cm³/mol. The van der Waals surface area contributed by atoms with Gasteiger partial charge in [-0.3, -0.25) is 0 Å². The Hall–Kier alpha value is 0.274. The van der Waals surface area contributed by atoms with E-state index in [1.54, 1.807) is 0 Å². The molecular formula is C3H12O4Si2. The van der Waals surface area contributed by atoms with Gasteiger partial charge in [0.25, 0.3) is 0 Å². The molecule has 0 unspecified atom stereocenters. The van der Waals surface area contributed by atoms with Gasteiger partial charge in [0.2, 0.25) is 0 Å². The molecule has 56 valence electrons. The second-order valence-electron chi connectivity index (χ2n) is 2.61. The van der Waals surface area contributed by atoms with E-state index in [0.29, 0.717) is 0 Å². The molecule has 0 bridgehead atoms. The summed E-state index contributed by atoms with van der Waals surface area (Å²) in [5.74, 6) is 0. The average molecular weight is 168 g/mol. The number of rotatable bonds is 2. The van der Waals surface area contributed by atoms with Crippen LogP contribution in [0.25, 0.3) is 0 Å². The van der Waals surface area contributed by atoms with Crippen LogP contribution in [-0.4, -0.2) is 36.3 Å². The third kappa shape index (κ3) is 8.27.